The van der Waals surface area contributed by atoms with Gasteiger partial charge >= 0.3 is 0 Å². The highest BCUT2D eigenvalue weighted by Gasteiger charge is 1.89. The molecule has 0 aromatic carbocycles. The molecule has 0 spiro atoms. The molecule has 12 heavy (non-hydrogen) atoms. The summed E-state index contributed by atoms with van der Waals surface area (Å²) in [5.41, 5.74) is 0. The molecule has 60 valence electrons. The first-order valence-electron chi connectivity index (χ1n) is 3.35. The van der Waals surface area contributed by atoms with Gasteiger partial charge in [0.25, 0.3) is 0 Å². The molecule has 0 rings (SSSR count). The van der Waals surface area contributed by atoms with Crippen molar-refractivity contribution in [3.63, 3.8) is 0 Å². The second-order valence-corrected chi connectivity index (χ2v) is 2.26. The van der Waals surface area contributed by atoms with E-state index in [1.807, 2.05) is 0 Å². The average Bonchev–Trinajstić information content (AvgIpc) is 2.02. The Bertz CT molecular complexity index is 301. The molecule has 0 bridgehead atoms. The highest BCUT2D eigenvalue weighted by molar-refractivity contribution is 6.63. The predicted octanol–water partition coefficient (Wildman–Crippen LogP) is 1.56. The lowest BCUT2D eigenvalue weighted by Crippen LogP contribution is -1.81. The van der Waals surface area contributed by atoms with Gasteiger partial charge in [0, 0.05) is 12.8 Å². The first kappa shape index (κ1) is 10.6. The standard InChI is InChI=1S/C10H7ClO/c1-2-3-4-5-6-7-8-9-10(11)12/h1H,3,8-9H2. The molecule has 0 N–H and O–H groups in total. The van der Waals surface area contributed by atoms with E-state index in [0.29, 0.717) is 12.8 Å². The van der Waals surface area contributed by atoms with Gasteiger partial charge in [-0.15, -0.1) is 6.42 Å². The molecule has 0 aromatic rings. The lowest BCUT2D eigenvalue weighted by Gasteiger charge is -1.79. The van der Waals surface area contributed by atoms with Crippen LogP contribution in [0.5, 0.6) is 0 Å². The second-order valence-electron chi connectivity index (χ2n) is 1.84. The highest BCUT2D eigenvalue weighted by atomic mass is 35.5. The van der Waals surface area contributed by atoms with Gasteiger partial charge in [-0.3, -0.25) is 4.79 Å². The van der Waals surface area contributed by atoms with Crippen LogP contribution < -0.4 is 0 Å². The van der Waals surface area contributed by atoms with Gasteiger partial charge in [0.15, 0.2) is 0 Å². The predicted molar refractivity (Wildman–Crippen MR) is 49.1 cm³/mol. The Balaban J connectivity index is 3.57. The molecule has 1 nitrogen and oxygen atoms in total. The van der Waals surface area contributed by atoms with Crippen LogP contribution >= 0.6 is 11.6 Å². The SMILES string of the molecule is C#CCC#CC#CCCC(=O)Cl. The van der Waals surface area contributed by atoms with E-state index in [1.54, 1.807) is 0 Å². The molecule has 0 aliphatic heterocycles. The van der Waals surface area contributed by atoms with E-state index in [4.69, 9.17) is 18.0 Å². The number of hydrogen-bond donors (Lipinski definition) is 0. The summed E-state index contributed by atoms with van der Waals surface area (Å²) in [6.07, 6.45) is 6.07. The van der Waals surface area contributed by atoms with Crippen LogP contribution in [0.2, 0.25) is 0 Å². The summed E-state index contributed by atoms with van der Waals surface area (Å²) in [4.78, 5) is 10.2. The van der Waals surface area contributed by atoms with Crippen LogP contribution in [-0.2, 0) is 4.79 Å². The van der Waals surface area contributed by atoms with Gasteiger partial charge in [-0.1, -0.05) is 17.8 Å². The van der Waals surface area contributed by atoms with Crippen LogP contribution in [0.3, 0.4) is 0 Å². The molecule has 0 aromatic heterocycles. The third-order valence-electron chi connectivity index (χ3n) is 0.876. The Morgan fingerprint density at radius 2 is 2.00 bits per heavy atom. The van der Waals surface area contributed by atoms with Crippen molar-refractivity contribution in [3.05, 3.63) is 0 Å². The number of carbonyl (C=O) groups excluding carboxylic acids is 1. The molecular formula is C10H7ClO. The largest absolute Gasteiger partial charge is 0.281 e. The van der Waals surface area contributed by atoms with E-state index in [0.717, 1.165) is 0 Å². The Hall–Kier alpha value is -1.36. The fourth-order valence-corrected chi connectivity index (χ4v) is 0.501. The molecule has 0 amide bonds. The number of terminal acetylenes is 1. The summed E-state index contributed by atoms with van der Waals surface area (Å²) in [6, 6.07) is 0. The van der Waals surface area contributed by atoms with Gasteiger partial charge in [0.1, 0.15) is 0 Å². The van der Waals surface area contributed by atoms with Crippen LogP contribution in [-0.4, -0.2) is 5.24 Å². The highest BCUT2D eigenvalue weighted by Crippen LogP contribution is 1.91. The van der Waals surface area contributed by atoms with Crippen LogP contribution in [0.1, 0.15) is 19.3 Å². The molecule has 0 aliphatic carbocycles. The minimum absolute atomic E-state index is 0.269. The number of carbonyl (C=O) groups is 1. The average molecular weight is 179 g/mol. The van der Waals surface area contributed by atoms with E-state index in [2.05, 4.69) is 29.6 Å². The van der Waals surface area contributed by atoms with E-state index in [1.165, 1.54) is 0 Å². The van der Waals surface area contributed by atoms with Crippen LogP contribution in [0, 0.1) is 36.0 Å². The van der Waals surface area contributed by atoms with E-state index >= 15 is 0 Å². The molecule has 0 atom stereocenters. The zero-order chi connectivity index (χ0) is 9.23. The zero-order valence-electron chi connectivity index (χ0n) is 6.48. The van der Waals surface area contributed by atoms with Gasteiger partial charge in [0.05, 0.1) is 6.42 Å². The maximum absolute atomic E-state index is 10.2. The fourth-order valence-electron chi connectivity index (χ4n) is 0.407. The fraction of sp³-hybridized carbons (Fsp3) is 0.300. The number of hydrogen-bond acceptors (Lipinski definition) is 1. The van der Waals surface area contributed by atoms with Crippen molar-refractivity contribution in [3.8, 4) is 36.0 Å². The van der Waals surface area contributed by atoms with Crippen molar-refractivity contribution in [2.24, 2.45) is 0 Å². The minimum Gasteiger partial charge on any atom is -0.281 e. The summed E-state index contributed by atoms with van der Waals surface area (Å²) in [6.45, 7) is 0. The van der Waals surface area contributed by atoms with Crippen molar-refractivity contribution in [1.82, 2.24) is 0 Å². The Morgan fingerprint density at radius 3 is 2.58 bits per heavy atom. The molecule has 0 fully saturated rings. The topological polar surface area (TPSA) is 17.1 Å². The summed E-state index contributed by atoms with van der Waals surface area (Å²) in [7, 11) is 0. The van der Waals surface area contributed by atoms with Crippen molar-refractivity contribution in [2.75, 3.05) is 0 Å². The summed E-state index contributed by atoms with van der Waals surface area (Å²) in [5.74, 6) is 12.8. The first-order valence-corrected chi connectivity index (χ1v) is 3.72. The molecule has 0 saturated heterocycles. The van der Waals surface area contributed by atoms with Crippen LogP contribution in [0.25, 0.3) is 0 Å². The second kappa shape index (κ2) is 7.74. The van der Waals surface area contributed by atoms with Gasteiger partial charge in [-0.05, 0) is 23.4 Å². The van der Waals surface area contributed by atoms with Gasteiger partial charge in [0.2, 0.25) is 5.24 Å². The Kier molecular flexibility index (Phi) is 6.87. The molecule has 0 radical (unpaired) electrons. The minimum atomic E-state index is -0.374. The first-order chi connectivity index (χ1) is 5.77. The van der Waals surface area contributed by atoms with E-state index in [9.17, 15) is 4.79 Å². The lowest BCUT2D eigenvalue weighted by atomic mass is 10.3. The summed E-state index contributed by atoms with van der Waals surface area (Å²) >= 11 is 5.07. The van der Waals surface area contributed by atoms with Crippen molar-refractivity contribution in [1.29, 1.82) is 0 Å². The zero-order valence-corrected chi connectivity index (χ0v) is 7.24. The lowest BCUT2D eigenvalue weighted by molar-refractivity contribution is -0.111. The molecule has 2 heteroatoms. The summed E-state index contributed by atoms with van der Waals surface area (Å²) < 4.78 is 0. The number of rotatable bonds is 2. The maximum Gasteiger partial charge on any atom is 0.222 e. The van der Waals surface area contributed by atoms with Gasteiger partial charge in [-0.25, -0.2) is 0 Å². The molecular weight excluding hydrogens is 172 g/mol. The Labute approximate surface area is 77.5 Å². The summed E-state index contributed by atoms with van der Waals surface area (Å²) in [5, 5.41) is -0.374. The Morgan fingerprint density at radius 1 is 1.33 bits per heavy atom. The van der Waals surface area contributed by atoms with Gasteiger partial charge in [-0.2, -0.15) is 0 Å². The van der Waals surface area contributed by atoms with E-state index < -0.39 is 0 Å². The quantitative estimate of drug-likeness (QED) is 0.463. The third-order valence-corrected chi connectivity index (χ3v) is 1.07. The maximum atomic E-state index is 10.2. The van der Waals surface area contributed by atoms with E-state index in [-0.39, 0.29) is 11.7 Å². The molecule has 0 saturated carbocycles. The van der Waals surface area contributed by atoms with Crippen LogP contribution in [0.4, 0.5) is 0 Å². The van der Waals surface area contributed by atoms with Crippen LogP contribution in [0.15, 0.2) is 0 Å². The molecule has 0 heterocycles. The number of halogens is 1. The van der Waals surface area contributed by atoms with Crippen molar-refractivity contribution in [2.45, 2.75) is 19.3 Å². The smallest absolute Gasteiger partial charge is 0.222 e. The molecule has 0 aliphatic rings. The van der Waals surface area contributed by atoms with Crippen molar-refractivity contribution >= 4 is 16.8 Å². The van der Waals surface area contributed by atoms with Gasteiger partial charge < -0.3 is 0 Å². The van der Waals surface area contributed by atoms with Crippen molar-refractivity contribution < 1.29 is 4.79 Å². The monoisotopic (exact) mass is 178 g/mol. The molecule has 0 unspecified atom stereocenters. The normalized spacial score (nSPS) is 6.67. The third kappa shape index (κ3) is 8.64.